The lowest BCUT2D eigenvalue weighted by molar-refractivity contribution is -0.161. The van der Waals surface area contributed by atoms with Gasteiger partial charge in [0, 0.05) is 19.3 Å². The summed E-state index contributed by atoms with van der Waals surface area (Å²) < 4.78 is 32.3. The van der Waals surface area contributed by atoms with Gasteiger partial charge < -0.3 is 24.6 Å². The molecular formula is C39H67O11P. The lowest BCUT2D eigenvalue weighted by atomic mass is 10.00. The van der Waals surface area contributed by atoms with Gasteiger partial charge in [-0.05, 0) is 50.5 Å². The number of unbranched alkanes of at least 4 members (excludes halogenated alkanes) is 8. The van der Waals surface area contributed by atoms with E-state index in [4.69, 9.17) is 19.1 Å². The van der Waals surface area contributed by atoms with Crippen molar-refractivity contribution < 1.29 is 52.6 Å². The van der Waals surface area contributed by atoms with Crippen molar-refractivity contribution in [1.82, 2.24) is 0 Å². The number of allylic oxidation sites excluding steroid dienone is 8. The largest absolute Gasteiger partial charge is 0.472 e. The maximum Gasteiger partial charge on any atom is 0.472 e. The predicted octanol–water partition coefficient (Wildman–Crippen LogP) is 8.42. The molecule has 0 bridgehead atoms. The van der Waals surface area contributed by atoms with E-state index in [1.807, 2.05) is 6.08 Å². The van der Waals surface area contributed by atoms with Gasteiger partial charge in [-0.3, -0.25) is 23.4 Å². The van der Waals surface area contributed by atoms with Crippen molar-refractivity contribution in [2.24, 2.45) is 5.92 Å². The van der Waals surface area contributed by atoms with Crippen LogP contribution in [-0.4, -0.2) is 71.5 Å². The second-order valence-corrected chi connectivity index (χ2v) is 14.3. The van der Waals surface area contributed by atoms with E-state index >= 15 is 0 Å². The van der Waals surface area contributed by atoms with Gasteiger partial charge in [-0.2, -0.15) is 0 Å². The highest BCUT2D eigenvalue weighted by atomic mass is 31.2. The van der Waals surface area contributed by atoms with Crippen LogP contribution in [0.4, 0.5) is 0 Å². The van der Waals surface area contributed by atoms with Gasteiger partial charge in [-0.25, -0.2) is 4.57 Å². The van der Waals surface area contributed by atoms with Gasteiger partial charge in [0.1, 0.15) is 12.7 Å². The maximum atomic E-state index is 12.5. The zero-order valence-electron chi connectivity index (χ0n) is 31.5. The van der Waals surface area contributed by atoms with Crippen LogP contribution in [0.25, 0.3) is 0 Å². The first kappa shape index (κ1) is 48.6. The molecule has 0 radical (unpaired) electrons. The van der Waals surface area contributed by atoms with Gasteiger partial charge in [0.25, 0.3) is 0 Å². The van der Waals surface area contributed by atoms with Crippen LogP contribution in [0.3, 0.4) is 0 Å². The van der Waals surface area contributed by atoms with Crippen molar-refractivity contribution in [3.05, 3.63) is 48.6 Å². The van der Waals surface area contributed by atoms with Crippen molar-refractivity contribution in [2.75, 3.05) is 26.4 Å². The first-order valence-electron chi connectivity index (χ1n) is 18.9. The number of aliphatic hydroxyl groups excluding tert-OH is 2. The minimum Gasteiger partial charge on any atom is -0.462 e. The summed E-state index contributed by atoms with van der Waals surface area (Å²) in [6.45, 7) is 4.29. The molecule has 0 heterocycles. The molecule has 0 fully saturated rings. The summed E-state index contributed by atoms with van der Waals surface area (Å²) in [5.41, 5.74) is 0. The van der Waals surface area contributed by atoms with Gasteiger partial charge in [0.15, 0.2) is 11.9 Å². The van der Waals surface area contributed by atoms with E-state index < -0.39 is 58.4 Å². The maximum absolute atomic E-state index is 12.5. The SMILES string of the molecule is CCCCC/C=C\C/C=C\C/C=C\C=C\C(=O)CCCC(=O)O[C@H](COC(=O)CCCCCCCCC(C)CC)COP(=O)(O)OC[C@@H](O)CO. The highest BCUT2D eigenvalue weighted by molar-refractivity contribution is 7.47. The Balaban J connectivity index is 4.62. The van der Waals surface area contributed by atoms with Crippen LogP contribution in [-0.2, 0) is 37.5 Å². The third-order valence-electron chi connectivity index (χ3n) is 8.00. The molecule has 4 atom stereocenters. The van der Waals surface area contributed by atoms with Crippen molar-refractivity contribution in [1.29, 1.82) is 0 Å². The first-order valence-corrected chi connectivity index (χ1v) is 20.4. The molecule has 0 aliphatic heterocycles. The molecule has 0 rings (SSSR count). The van der Waals surface area contributed by atoms with Crippen LogP contribution in [0.2, 0.25) is 0 Å². The molecule has 0 saturated carbocycles. The Bertz CT molecular complexity index is 1070. The Morgan fingerprint density at radius 1 is 0.725 bits per heavy atom. The predicted molar refractivity (Wildman–Crippen MR) is 201 cm³/mol. The van der Waals surface area contributed by atoms with Crippen LogP contribution >= 0.6 is 7.82 Å². The summed E-state index contributed by atoms with van der Waals surface area (Å²) >= 11 is 0. The number of carbonyl (C=O) groups excluding carboxylic acids is 3. The minimum absolute atomic E-state index is 0.106. The number of phosphoric acid groups is 1. The molecule has 0 aromatic heterocycles. The van der Waals surface area contributed by atoms with Crippen molar-refractivity contribution in [3.63, 3.8) is 0 Å². The summed E-state index contributed by atoms with van der Waals surface area (Å²) in [5, 5.41) is 18.2. The molecule has 11 nitrogen and oxygen atoms in total. The van der Waals surface area contributed by atoms with Crippen molar-refractivity contribution >= 4 is 25.5 Å². The zero-order valence-corrected chi connectivity index (χ0v) is 32.4. The smallest absolute Gasteiger partial charge is 0.462 e. The van der Waals surface area contributed by atoms with E-state index in [2.05, 4.69) is 49.6 Å². The molecule has 2 unspecified atom stereocenters. The Morgan fingerprint density at radius 2 is 1.37 bits per heavy atom. The zero-order chi connectivity index (χ0) is 38.0. The van der Waals surface area contributed by atoms with Gasteiger partial charge in [-0.1, -0.05) is 121 Å². The average molecular weight is 743 g/mol. The number of ketones is 1. The molecule has 3 N–H and O–H groups in total. The number of aliphatic hydroxyl groups is 2. The molecule has 0 aliphatic rings. The highest BCUT2D eigenvalue weighted by Gasteiger charge is 2.27. The molecule has 0 aromatic rings. The quantitative estimate of drug-likeness (QED) is 0.0145. The fourth-order valence-corrected chi connectivity index (χ4v) is 5.42. The van der Waals surface area contributed by atoms with E-state index in [1.54, 1.807) is 12.2 Å². The lowest BCUT2D eigenvalue weighted by Gasteiger charge is -2.20. The van der Waals surface area contributed by atoms with Crippen LogP contribution in [0, 0.1) is 5.92 Å². The number of rotatable bonds is 34. The normalized spacial score (nSPS) is 15.1. The fraction of sp³-hybridized carbons (Fsp3) is 0.718. The van der Waals surface area contributed by atoms with Gasteiger partial charge >= 0.3 is 19.8 Å². The van der Waals surface area contributed by atoms with Crippen molar-refractivity contribution in [2.45, 2.75) is 149 Å². The number of esters is 2. The third-order valence-corrected chi connectivity index (χ3v) is 8.95. The Morgan fingerprint density at radius 3 is 2.08 bits per heavy atom. The highest BCUT2D eigenvalue weighted by Crippen LogP contribution is 2.43. The molecule has 294 valence electrons. The van der Waals surface area contributed by atoms with E-state index in [0.29, 0.717) is 6.42 Å². The van der Waals surface area contributed by atoms with Gasteiger partial charge in [0.2, 0.25) is 0 Å². The summed E-state index contributed by atoms with van der Waals surface area (Å²) in [6.07, 6.45) is 28.3. The summed E-state index contributed by atoms with van der Waals surface area (Å²) in [6, 6.07) is 0. The summed E-state index contributed by atoms with van der Waals surface area (Å²) in [5.74, 6) is -0.587. The number of ether oxygens (including phenoxy) is 2. The van der Waals surface area contributed by atoms with E-state index in [9.17, 15) is 28.9 Å². The Hall–Kier alpha value is -2.40. The van der Waals surface area contributed by atoms with Gasteiger partial charge in [0.05, 0.1) is 19.8 Å². The Labute approximate surface area is 307 Å². The van der Waals surface area contributed by atoms with Crippen molar-refractivity contribution in [3.8, 4) is 0 Å². The second-order valence-electron chi connectivity index (χ2n) is 12.9. The lowest BCUT2D eigenvalue weighted by Crippen LogP contribution is -2.30. The fourth-order valence-electron chi connectivity index (χ4n) is 4.63. The number of hydrogen-bond acceptors (Lipinski definition) is 10. The van der Waals surface area contributed by atoms with Gasteiger partial charge in [-0.15, -0.1) is 0 Å². The second kappa shape index (κ2) is 33.4. The molecular weight excluding hydrogens is 675 g/mol. The third kappa shape index (κ3) is 33.2. The van der Waals surface area contributed by atoms with E-state index in [1.165, 1.54) is 51.0 Å². The number of carbonyl (C=O) groups is 3. The molecule has 0 amide bonds. The minimum atomic E-state index is -4.68. The van der Waals surface area contributed by atoms with Crippen LogP contribution in [0.5, 0.6) is 0 Å². The Kier molecular flexibility index (Phi) is 31.9. The molecule has 51 heavy (non-hydrogen) atoms. The standard InChI is InChI=1S/C39H67O11P/c1-4-6-7-8-9-10-11-12-13-14-15-19-22-26-35(41)27-24-29-39(44)50-37(33-49-51(45,46)48-31-36(42)30-40)32-47-38(43)28-23-20-17-16-18-21-25-34(3)5-2/h9-10,12-13,15,19,22,26,34,36-37,40,42H,4-8,11,14,16-18,20-21,23-25,27-33H2,1-3H3,(H,45,46)/b10-9-,13-12-,19-15-,26-22+/t34?,36-,37+/m0/s1. The molecule has 0 saturated heterocycles. The molecule has 12 heteroatoms. The summed E-state index contributed by atoms with van der Waals surface area (Å²) in [7, 11) is -4.68. The molecule has 0 aromatic carbocycles. The van der Waals surface area contributed by atoms with Crippen LogP contribution in [0.15, 0.2) is 48.6 Å². The number of hydrogen-bond donors (Lipinski definition) is 3. The van der Waals surface area contributed by atoms with Crippen LogP contribution in [0.1, 0.15) is 136 Å². The van der Waals surface area contributed by atoms with E-state index in [-0.39, 0.29) is 31.5 Å². The molecule has 0 aliphatic carbocycles. The summed E-state index contributed by atoms with van der Waals surface area (Å²) in [4.78, 5) is 46.9. The van der Waals surface area contributed by atoms with E-state index in [0.717, 1.165) is 44.4 Å². The molecule has 0 spiro atoms. The topological polar surface area (TPSA) is 166 Å². The monoisotopic (exact) mass is 742 g/mol. The first-order chi connectivity index (χ1) is 24.5. The number of phosphoric ester groups is 1. The average Bonchev–Trinajstić information content (AvgIpc) is 3.11. The van der Waals surface area contributed by atoms with Crippen LogP contribution < -0.4 is 0 Å².